The highest BCUT2D eigenvalue weighted by atomic mass is 16.5. The van der Waals surface area contributed by atoms with Gasteiger partial charge in [0.05, 0.1) is 18.7 Å². The number of benzene rings is 1. The lowest BCUT2D eigenvalue weighted by Gasteiger charge is -2.26. The third kappa shape index (κ3) is 3.05. The largest absolute Gasteiger partial charge is 0.379 e. The number of nitrogens with zero attached hydrogens (tertiary/aromatic N) is 2. The molecule has 2 aromatic rings. The standard InChI is InChI=1S/C14H20N4O/c1-2-5-13-12(4-1)14(17-16-13)15-6-3-7-18-8-10-19-11-9-18/h1-2,4-5H,3,6-11H2,(H2,15,16,17). The number of morpholine rings is 1. The highest BCUT2D eigenvalue weighted by Gasteiger charge is 2.09. The predicted octanol–water partition coefficient (Wildman–Crippen LogP) is 1.70. The molecule has 0 bridgehead atoms. The fourth-order valence-electron chi connectivity index (χ4n) is 2.43. The first-order chi connectivity index (χ1) is 9.43. The summed E-state index contributed by atoms with van der Waals surface area (Å²) in [5.41, 5.74) is 1.08. The monoisotopic (exact) mass is 260 g/mol. The Labute approximate surface area is 112 Å². The SMILES string of the molecule is c1ccc2c(NCCCN3CCOCC3)n[nH]c2c1. The van der Waals surface area contributed by atoms with Gasteiger partial charge in [0, 0.05) is 25.0 Å². The van der Waals surface area contributed by atoms with Gasteiger partial charge in [-0.05, 0) is 25.1 Å². The minimum absolute atomic E-state index is 0.872. The van der Waals surface area contributed by atoms with Crippen LogP contribution in [0.2, 0.25) is 0 Å². The van der Waals surface area contributed by atoms with Gasteiger partial charge in [0.25, 0.3) is 0 Å². The van der Waals surface area contributed by atoms with Crippen LogP contribution in [0, 0.1) is 0 Å². The lowest BCUT2D eigenvalue weighted by molar-refractivity contribution is 0.0378. The van der Waals surface area contributed by atoms with E-state index in [9.17, 15) is 0 Å². The van der Waals surface area contributed by atoms with E-state index in [1.165, 1.54) is 0 Å². The number of fused-ring (bicyclic) bond motifs is 1. The third-order valence-corrected chi connectivity index (χ3v) is 3.52. The maximum Gasteiger partial charge on any atom is 0.155 e. The summed E-state index contributed by atoms with van der Waals surface area (Å²) in [6, 6.07) is 8.18. The molecular formula is C14H20N4O. The van der Waals surface area contributed by atoms with Crippen molar-refractivity contribution in [1.82, 2.24) is 15.1 Å². The Morgan fingerprint density at radius 1 is 1.26 bits per heavy atom. The predicted molar refractivity (Wildman–Crippen MR) is 76.5 cm³/mol. The van der Waals surface area contributed by atoms with E-state index < -0.39 is 0 Å². The zero-order valence-corrected chi connectivity index (χ0v) is 11.1. The lowest BCUT2D eigenvalue weighted by atomic mass is 10.2. The van der Waals surface area contributed by atoms with E-state index in [0.717, 1.165) is 62.5 Å². The van der Waals surface area contributed by atoms with Crippen molar-refractivity contribution in [3.63, 3.8) is 0 Å². The van der Waals surface area contributed by atoms with E-state index >= 15 is 0 Å². The maximum absolute atomic E-state index is 5.34. The van der Waals surface area contributed by atoms with Crippen molar-refractivity contribution in [2.24, 2.45) is 0 Å². The third-order valence-electron chi connectivity index (χ3n) is 3.52. The quantitative estimate of drug-likeness (QED) is 0.803. The molecule has 5 heteroatoms. The van der Waals surface area contributed by atoms with Gasteiger partial charge < -0.3 is 10.1 Å². The number of hydrogen-bond donors (Lipinski definition) is 2. The number of anilines is 1. The molecule has 19 heavy (non-hydrogen) atoms. The van der Waals surface area contributed by atoms with Crippen molar-refractivity contribution < 1.29 is 4.74 Å². The molecular weight excluding hydrogens is 240 g/mol. The molecule has 102 valence electrons. The zero-order chi connectivity index (χ0) is 12.9. The molecule has 3 rings (SSSR count). The van der Waals surface area contributed by atoms with Crippen molar-refractivity contribution in [3.8, 4) is 0 Å². The average molecular weight is 260 g/mol. The molecule has 0 saturated carbocycles. The van der Waals surface area contributed by atoms with Crippen molar-refractivity contribution in [2.45, 2.75) is 6.42 Å². The van der Waals surface area contributed by atoms with Gasteiger partial charge >= 0.3 is 0 Å². The summed E-state index contributed by atoms with van der Waals surface area (Å²) in [6.45, 7) is 5.94. The van der Waals surface area contributed by atoms with E-state index in [1.54, 1.807) is 0 Å². The van der Waals surface area contributed by atoms with Crippen molar-refractivity contribution in [2.75, 3.05) is 44.7 Å². The molecule has 2 N–H and O–H groups in total. The van der Waals surface area contributed by atoms with Crippen LogP contribution < -0.4 is 5.32 Å². The molecule has 5 nitrogen and oxygen atoms in total. The summed E-state index contributed by atoms with van der Waals surface area (Å²) in [4.78, 5) is 2.45. The lowest BCUT2D eigenvalue weighted by Crippen LogP contribution is -2.37. The fourth-order valence-corrected chi connectivity index (χ4v) is 2.43. The Balaban J connectivity index is 1.47. The van der Waals surface area contributed by atoms with Gasteiger partial charge in [-0.1, -0.05) is 12.1 Å². The number of nitrogens with one attached hydrogen (secondary N) is 2. The number of aromatic amines is 1. The van der Waals surface area contributed by atoms with Gasteiger partial charge in [0.2, 0.25) is 0 Å². The number of rotatable bonds is 5. The number of para-hydroxylation sites is 1. The highest BCUT2D eigenvalue weighted by Crippen LogP contribution is 2.19. The first-order valence-electron chi connectivity index (χ1n) is 6.90. The smallest absolute Gasteiger partial charge is 0.155 e. The normalized spacial score (nSPS) is 16.8. The summed E-state index contributed by atoms with van der Waals surface area (Å²) in [5, 5.41) is 11.9. The molecule has 0 unspecified atom stereocenters. The Morgan fingerprint density at radius 2 is 2.11 bits per heavy atom. The molecule has 1 fully saturated rings. The van der Waals surface area contributed by atoms with Gasteiger partial charge in [-0.25, -0.2) is 0 Å². The molecule has 0 atom stereocenters. The van der Waals surface area contributed by atoms with Crippen LogP contribution in [0.25, 0.3) is 10.9 Å². The Morgan fingerprint density at radius 3 is 3.00 bits per heavy atom. The summed E-state index contributed by atoms with van der Waals surface area (Å²) < 4.78 is 5.34. The summed E-state index contributed by atoms with van der Waals surface area (Å²) >= 11 is 0. The van der Waals surface area contributed by atoms with Crippen LogP contribution in [0.4, 0.5) is 5.82 Å². The molecule has 1 aromatic heterocycles. The van der Waals surface area contributed by atoms with Gasteiger partial charge in [-0.2, -0.15) is 5.10 Å². The molecule has 2 heterocycles. The number of hydrogen-bond acceptors (Lipinski definition) is 4. The van der Waals surface area contributed by atoms with E-state index in [0.29, 0.717) is 0 Å². The fraction of sp³-hybridized carbons (Fsp3) is 0.500. The Bertz CT molecular complexity index is 519. The first kappa shape index (κ1) is 12.4. The molecule has 1 aliphatic heterocycles. The van der Waals surface area contributed by atoms with Crippen molar-refractivity contribution in [1.29, 1.82) is 0 Å². The maximum atomic E-state index is 5.34. The number of aromatic nitrogens is 2. The second-order valence-electron chi connectivity index (χ2n) is 4.85. The van der Waals surface area contributed by atoms with Crippen LogP contribution >= 0.6 is 0 Å². The number of H-pyrrole nitrogens is 1. The highest BCUT2D eigenvalue weighted by molar-refractivity contribution is 5.89. The average Bonchev–Trinajstić information content (AvgIpc) is 2.88. The molecule has 0 spiro atoms. The Hall–Kier alpha value is -1.59. The molecule has 1 aromatic carbocycles. The van der Waals surface area contributed by atoms with E-state index in [-0.39, 0.29) is 0 Å². The molecule has 1 saturated heterocycles. The van der Waals surface area contributed by atoms with Gasteiger partial charge in [-0.15, -0.1) is 0 Å². The minimum Gasteiger partial charge on any atom is -0.379 e. The van der Waals surface area contributed by atoms with Crippen LogP contribution in [0.3, 0.4) is 0 Å². The minimum atomic E-state index is 0.872. The molecule has 1 aliphatic rings. The topological polar surface area (TPSA) is 53.2 Å². The van der Waals surface area contributed by atoms with Gasteiger partial charge in [-0.3, -0.25) is 10.00 Å². The van der Waals surface area contributed by atoms with Crippen LogP contribution in [0.15, 0.2) is 24.3 Å². The molecule has 0 amide bonds. The Kier molecular flexibility index (Phi) is 3.95. The van der Waals surface area contributed by atoms with Gasteiger partial charge in [0.1, 0.15) is 0 Å². The van der Waals surface area contributed by atoms with Gasteiger partial charge in [0.15, 0.2) is 5.82 Å². The van der Waals surface area contributed by atoms with E-state index in [1.807, 2.05) is 18.2 Å². The number of ether oxygens (including phenoxy) is 1. The summed E-state index contributed by atoms with van der Waals surface area (Å²) in [5.74, 6) is 0.956. The van der Waals surface area contributed by atoms with E-state index in [4.69, 9.17) is 4.74 Å². The van der Waals surface area contributed by atoms with Crippen LogP contribution in [-0.4, -0.2) is 54.5 Å². The van der Waals surface area contributed by atoms with Crippen LogP contribution in [-0.2, 0) is 4.74 Å². The van der Waals surface area contributed by atoms with Crippen LogP contribution in [0.5, 0.6) is 0 Å². The van der Waals surface area contributed by atoms with Crippen LogP contribution in [0.1, 0.15) is 6.42 Å². The first-order valence-corrected chi connectivity index (χ1v) is 6.90. The molecule has 0 aliphatic carbocycles. The summed E-state index contributed by atoms with van der Waals surface area (Å²) in [7, 11) is 0. The van der Waals surface area contributed by atoms with Crippen molar-refractivity contribution in [3.05, 3.63) is 24.3 Å². The zero-order valence-electron chi connectivity index (χ0n) is 11.1. The van der Waals surface area contributed by atoms with E-state index in [2.05, 4.69) is 26.5 Å². The second-order valence-corrected chi connectivity index (χ2v) is 4.85. The summed E-state index contributed by atoms with van der Waals surface area (Å²) in [6.07, 6.45) is 1.13. The molecule has 0 radical (unpaired) electrons. The van der Waals surface area contributed by atoms with Crippen molar-refractivity contribution >= 4 is 16.7 Å². The second kappa shape index (κ2) is 6.04.